The van der Waals surface area contributed by atoms with Crippen LogP contribution in [0.5, 0.6) is 0 Å². The third-order valence-corrected chi connectivity index (χ3v) is 3.98. The lowest BCUT2D eigenvalue weighted by Gasteiger charge is -2.09. The molecule has 21 heavy (non-hydrogen) atoms. The molecule has 0 saturated carbocycles. The van der Waals surface area contributed by atoms with Gasteiger partial charge in [-0.2, -0.15) is 0 Å². The van der Waals surface area contributed by atoms with Gasteiger partial charge in [0.05, 0.1) is 11.4 Å². The van der Waals surface area contributed by atoms with Crippen LogP contribution in [0.3, 0.4) is 0 Å². The Morgan fingerprint density at radius 1 is 1.00 bits per heavy atom. The summed E-state index contributed by atoms with van der Waals surface area (Å²) >= 11 is 0. The predicted molar refractivity (Wildman–Crippen MR) is 76.9 cm³/mol. The van der Waals surface area contributed by atoms with E-state index in [1.807, 2.05) is 0 Å². The number of benzene rings is 2. The highest BCUT2D eigenvalue weighted by atomic mass is 32.2. The maximum Gasteiger partial charge on any atom is 0.236 e. The maximum absolute atomic E-state index is 13.0. The van der Waals surface area contributed by atoms with E-state index >= 15 is 0 Å². The zero-order valence-electron chi connectivity index (χ0n) is 11.0. The second-order valence-electron chi connectivity index (χ2n) is 4.54. The Kier molecular flexibility index (Phi) is 4.54. The molecular weight excluding hydrogens is 298 g/mol. The standard InChI is InChI=1S/C14H14F2N2O2S/c15-12-5-13(16)7-14(6-12)18-21(19,20)9-11-3-1-2-10(4-11)8-17/h1-7,18H,8-9,17H2. The van der Waals surface area contributed by atoms with Gasteiger partial charge in [0.2, 0.25) is 10.0 Å². The van der Waals surface area contributed by atoms with Crippen molar-refractivity contribution in [2.45, 2.75) is 12.3 Å². The van der Waals surface area contributed by atoms with E-state index in [1.54, 1.807) is 24.3 Å². The molecule has 7 heteroatoms. The summed E-state index contributed by atoms with van der Waals surface area (Å²) in [5.41, 5.74) is 6.69. The Balaban J connectivity index is 2.18. The van der Waals surface area contributed by atoms with Crippen LogP contribution in [0.4, 0.5) is 14.5 Å². The van der Waals surface area contributed by atoms with Gasteiger partial charge in [-0.3, -0.25) is 4.72 Å². The normalized spacial score (nSPS) is 11.4. The van der Waals surface area contributed by atoms with Crippen molar-refractivity contribution in [3.05, 3.63) is 65.2 Å². The molecule has 0 heterocycles. The summed E-state index contributed by atoms with van der Waals surface area (Å²) in [6, 6.07) is 9.30. The van der Waals surface area contributed by atoms with Crippen LogP contribution in [-0.2, 0) is 22.3 Å². The number of hydrogen-bond donors (Lipinski definition) is 2. The topological polar surface area (TPSA) is 72.2 Å². The number of sulfonamides is 1. The summed E-state index contributed by atoms with van der Waals surface area (Å²) in [4.78, 5) is 0. The molecule has 0 aliphatic carbocycles. The van der Waals surface area contributed by atoms with Crippen LogP contribution in [0.2, 0.25) is 0 Å². The van der Waals surface area contributed by atoms with E-state index in [2.05, 4.69) is 4.72 Å². The molecule has 0 unspecified atom stereocenters. The Labute approximate surface area is 121 Å². The SMILES string of the molecule is NCc1cccc(CS(=O)(=O)Nc2cc(F)cc(F)c2)c1. The second kappa shape index (κ2) is 6.19. The van der Waals surface area contributed by atoms with Gasteiger partial charge in [-0.1, -0.05) is 24.3 Å². The molecule has 2 rings (SSSR count). The van der Waals surface area contributed by atoms with Gasteiger partial charge in [-0.15, -0.1) is 0 Å². The highest BCUT2D eigenvalue weighted by Gasteiger charge is 2.13. The molecule has 2 aromatic rings. The molecule has 2 aromatic carbocycles. The first-order chi connectivity index (χ1) is 9.88. The summed E-state index contributed by atoms with van der Waals surface area (Å²) in [6.45, 7) is 0.302. The maximum atomic E-state index is 13.0. The molecule has 112 valence electrons. The van der Waals surface area contributed by atoms with E-state index in [0.717, 1.165) is 17.7 Å². The van der Waals surface area contributed by atoms with Crippen molar-refractivity contribution in [2.24, 2.45) is 5.73 Å². The third kappa shape index (κ3) is 4.51. The Hall–Kier alpha value is -1.99. The highest BCUT2D eigenvalue weighted by molar-refractivity contribution is 7.91. The molecule has 0 amide bonds. The Morgan fingerprint density at radius 3 is 2.24 bits per heavy atom. The molecule has 0 fully saturated rings. The van der Waals surface area contributed by atoms with Gasteiger partial charge in [0.1, 0.15) is 11.6 Å². The number of hydrogen-bond acceptors (Lipinski definition) is 3. The number of halogens is 2. The zero-order valence-corrected chi connectivity index (χ0v) is 11.8. The third-order valence-electron chi connectivity index (χ3n) is 2.72. The first kappa shape index (κ1) is 15.4. The second-order valence-corrected chi connectivity index (χ2v) is 6.27. The van der Waals surface area contributed by atoms with Crippen LogP contribution in [0.1, 0.15) is 11.1 Å². The van der Waals surface area contributed by atoms with Gasteiger partial charge in [-0.05, 0) is 23.3 Å². The molecule has 0 aliphatic rings. The predicted octanol–water partition coefficient (Wildman–Crippen LogP) is 2.37. The van der Waals surface area contributed by atoms with Crippen molar-refractivity contribution < 1.29 is 17.2 Å². The summed E-state index contributed by atoms with van der Waals surface area (Å²) in [7, 11) is -3.77. The first-order valence-electron chi connectivity index (χ1n) is 6.12. The molecule has 0 aromatic heterocycles. The van der Waals surface area contributed by atoms with E-state index in [4.69, 9.17) is 5.73 Å². The lowest BCUT2D eigenvalue weighted by Crippen LogP contribution is -2.15. The summed E-state index contributed by atoms with van der Waals surface area (Å²) in [5, 5.41) is 0. The van der Waals surface area contributed by atoms with Gasteiger partial charge >= 0.3 is 0 Å². The smallest absolute Gasteiger partial charge is 0.236 e. The largest absolute Gasteiger partial charge is 0.326 e. The highest BCUT2D eigenvalue weighted by Crippen LogP contribution is 2.16. The summed E-state index contributed by atoms with van der Waals surface area (Å²) in [5.74, 6) is -2.01. The average Bonchev–Trinajstić information content (AvgIpc) is 2.36. The minimum absolute atomic E-state index is 0.150. The van der Waals surface area contributed by atoms with Crippen molar-refractivity contribution in [1.82, 2.24) is 0 Å². The van der Waals surface area contributed by atoms with E-state index in [1.165, 1.54) is 0 Å². The Morgan fingerprint density at radius 2 is 1.62 bits per heavy atom. The lowest BCUT2D eigenvalue weighted by molar-refractivity contribution is 0.584. The molecule has 0 bridgehead atoms. The minimum Gasteiger partial charge on any atom is -0.326 e. The molecule has 4 nitrogen and oxygen atoms in total. The van der Waals surface area contributed by atoms with Crippen molar-refractivity contribution in [3.63, 3.8) is 0 Å². The van der Waals surface area contributed by atoms with Crippen LogP contribution in [0.15, 0.2) is 42.5 Å². The monoisotopic (exact) mass is 312 g/mol. The van der Waals surface area contributed by atoms with Gasteiger partial charge in [0.15, 0.2) is 0 Å². The summed E-state index contributed by atoms with van der Waals surface area (Å²) < 4.78 is 52.2. The van der Waals surface area contributed by atoms with Crippen molar-refractivity contribution >= 4 is 15.7 Å². The van der Waals surface area contributed by atoms with E-state index < -0.39 is 21.7 Å². The summed E-state index contributed by atoms with van der Waals surface area (Å²) in [6.07, 6.45) is 0. The molecule has 0 saturated heterocycles. The fraction of sp³-hybridized carbons (Fsp3) is 0.143. The van der Waals surface area contributed by atoms with Crippen LogP contribution >= 0.6 is 0 Å². The van der Waals surface area contributed by atoms with Crippen LogP contribution in [0.25, 0.3) is 0 Å². The van der Waals surface area contributed by atoms with Crippen LogP contribution in [-0.4, -0.2) is 8.42 Å². The zero-order chi connectivity index (χ0) is 15.5. The lowest BCUT2D eigenvalue weighted by atomic mass is 10.1. The van der Waals surface area contributed by atoms with Gasteiger partial charge in [0.25, 0.3) is 0 Å². The molecule has 0 aliphatic heterocycles. The van der Waals surface area contributed by atoms with E-state index in [0.29, 0.717) is 18.2 Å². The number of nitrogens with two attached hydrogens (primary N) is 1. The van der Waals surface area contributed by atoms with Gasteiger partial charge in [0, 0.05) is 12.6 Å². The van der Waals surface area contributed by atoms with Gasteiger partial charge in [-0.25, -0.2) is 17.2 Å². The molecule has 0 atom stereocenters. The molecular formula is C14H14F2N2O2S. The average molecular weight is 312 g/mol. The van der Waals surface area contributed by atoms with Crippen molar-refractivity contribution in [1.29, 1.82) is 0 Å². The molecule has 0 radical (unpaired) electrons. The number of nitrogens with one attached hydrogen (secondary N) is 1. The minimum atomic E-state index is -3.77. The van der Waals surface area contributed by atoms with E-state index in [-0.39, 0.29) is 11.4 Å². The number of anilines is 1. The van der Waals surface area contributed by atoms with Crippen LogP contribution < -0.4 is 10.5 Å². The first-order valence-corrected chi connectivity index (χ1v) is 7.78. The quantitative estimate of drug-likeness (QED) is 0.890. The molecule has 3 N–H and O–H groups in total. The number of rotatable bonds is 5. The molecule has 0 spiro atoms. The van der Waals surface area contributed by atoms with Crippen molar-refractivity contribution in [2.75, 3.05) is 4.72 Å². The van der Waals surface area contributed by atoms with Crippen molar-refractivity contribution in [3.8, 4) is 0 Å². The fourth-order valence-electron chi connectivity index (χ4n) is 1.89. The van der Waals surface area contributed by atoms with Crippen LogP contribution in [0, 0.1) is 11.6 Å². The van der Waals surface area contributed by atoms with E-state index in [9.17, 15) is 17.2 Å². The van der Waals surface area contributed by atoms with Gasteiger partial charge < -0.3 is 5.73 Å². The Bertz CT molecular complexity index is 728. The fourth-order valence-corrected chi connectivity index (χ4v) is 3.06.